The van der Waals surface area contributed by atoms with Crippen molar-refractivity contribution in [2.75, 3.05) is 20.1 Å². The molecule has 9 nitrogen and oxygen atoms in total. The smallest absolute Gasteiger partial charge is 0.308 e. The number of benzene rings is 1. The fraction of sp³-hybridized carbons (Fsp3) is 0.429. The summed E-state index contributed by atoms with van der Waals surface area (Å²) in [6, 6.07) is -0.391. The molecule has 0 radical (unpaired) electrons. The minimum absolute atomic E-state index is 0.180. The van der Waals surface area contributed by atoms with Gasteiger partial charge in [-0.15, -0.1) is 0 Å². The van der Waals surface area contributed by atoms with E-state index in [0.29, 0.717) is 16.4 Å². The van der Waals surface area contributed by atoms with Crippen molar-refractivity contribution in [3.8, 4) is 5.75 Å². The average Bonchev–Trinajstić information content (AvgIpc) is 2.56. The van der Waals surface area contributed by atoms with E-state index in [9.17, 15) is 26.8 Å². The maximum Gasteiger partial charge on any atom is 0.308 e. The third-order valence-corrected chi connectivity index (χ3v) is 5.80. The topological polar surface area (TPSA) is 116 Å². The molecule has 0 heterocycles. The molecule has 2 N–H and O–H groups in total. The SMILES string of the molecule is CC(=O)Oc1c(F)cc(S(=O)(=O)N(CCN(C)I)[C@H](C)C(=O)NO)cc1F. The highest BCUT2D eigenvalue weighted by molar-refractivity contribution is 14.1. The zero-order valence-electron chi connectivity index (χ0n) is 14.6. The predicted octanol–water partition coefficient (Wildman–Crippen LogP) is 1.06. The van der Waals surface area contributed by atoms with Gasteiger partial charge >= 0.3 is 5.97 Å². The van der Waals surface area contributed by atoms with Crippen molar-refractivity contribution in [1.82, 2.24) is 12.9 Å². The molecule has 0 bridgehead atoms. The second-order valence-electron chi connectivity index (χ2n) is 5.41. The predicted molar refractivity (Wildman–Crippen MR) is 97.6 cm³/mol. The molecule has 0 unspecified atom stereocenters. The summed E-state index contributed by atoms with van der Waals surface area (Å²) in [5.41, 5.74) is 1.34. The van der Waals surface area contributed by atoms with Crippen LogP contribution < -0.4 is 10.2 Å². The van der Waals surface area contributed by atoms with Gasteiger partial charge in [0.15, 0.2) is 11.6 Å². The molecule has 0 fully saturated rings. The summed E-state index contributed by atoms with van der Waals surface area (Å²) in [5, 5.41) is 8.77. The van der Waals surface area contributed by atoms with E-state index in [-0.39, 0.29) is 13.1 Å². The van der Waals surface area contributed by atoms with E-state index in [1.165, 1.54) is 12.4 Å². The van der Waals surface area contributed by atoms with Gasteiger partial charge in [0.1, 0.15) is 6.04 Å². The van der Waals surface area contributed by atoms with E-state index in [2.05, 4.69) is 4.74 Å². The van der Waals surface area contributed by atoms with Crippen LogP contribution in [0, 0.1) is 11.6 Å². The van der Waals surface area contributed by atoms with E-state index in [1.54, 1.807) is 10.2 Å². The van der Waals surface area contributed by atoms with Crippen molar-refractivity contribution in [2.45, 2.75) is 24.8 Å². The Labute approximate surface area is 168 Å². The molecule has 0 aliphatic heterocycles. The van der Waals surface area contributed by atoms with Gasteiger partial charge in [0, 0.05) is 42.9 Å². The van der Waals surface area contributed by atoms with Crippen LogP contribution in [0.1, 0.15) is 13.8 Å². The molecule has 0 aliphatic rings. The first-order valence-electron chi connectivity index (χ1n) is 7.42. The molecule has 0 aromatic heterocycles. The lowest BCUT2D eigenvalue weighted by molar-refractivity contribution is -0.133. The Morgan fingerprint density at radius 2 is 1.81 bits per heavy atom. The maximum atomic E-state index is 14.1. The molecule has 152 valence electrons. The first-order chi connectivity index (χ1) is 12.4. The number of carbonyl (C=O) groups is 2. The second-order valence-corrected chi connectivity index (χ2v) is 8.94. The lowest BCUT2D eigenvalue weighted by atomic mass is 10.3. The van der Waals surface area contributed by atoms with Gasteiger partial charge in [0.05, 0.1) is 4.90 Å². The number of halogens is 3. The highest BCUT2D eigenvalue weighted by atomic mass is 127. The summed E-state index contributed by atoms with van der Waals surface area (Å²) in [6.07, 6.45) is 0. The van der Waals surface area contributed by atoms with Gasteiger partial charge in [-0.05, 0) is 26.1 Å². The van der Waals surface area contributed by atoms with E-state index < -0.39 is 50.2 Å². The molecule has 1 aromatic rings. The number of amides is 1. The van der Waals surface area contributed by atoms with Crippen molar-refractivity contribution < 1.29 is 36.7 Å². The van der Waals surface area contributed by atoms with Gasteiger partial charge in [-0.3, -0.25) is 14.8 Å². The molecule has 1 amide bonds. The minimum atomic E-state index is -4.53. The number of ether oxygens (including phenoxy) is 1. The lowest BCUT2D eigenvalue weighted by Crippen LogP contribution is -2.49. The first-order valence-corrected chi connectivity index (χ1v) is 9.82. The summed E-state index contributed by atoms with van der Waals surface area (Å²) in [7, 11) is -2.88. The number of esters is 1. The Kier molecular flexibility index (Phi) is 8.47. The Bertz CT molecular complexity index is 798. The number of sulfonamides is 1. The normalized spacial score (nSPS) is 12.9. The largest absolute Gasteiger partial charge is 0.420 e. The summed E-state index contributed by atoms with van der Waals surface area (Å²) >= 11 is 1.89. The van der Waals surface area contributed by atoms with Gasteiger partial charge in [0.2, 0.25) is 15.8 Å². The van der Waals surface area contributed by atoms with Crippen molar-refractivity contribution in [3.05, 3.63) is 23.8 Å². The highest BCUT2D eigenvalue weighted by Crippen LogP contribution is 2.28. The number of carbonyl (C=O) groups excluding carboxylic acids is 2. The standard InChI is InChI=1S/C14H18F2IN3O6S/c1-8(14(22)18-23)20(5-4-19(3)17)27(24,25)10-6-11(15)13(12(16)7-10)26-9(2)21/h6-8,23H,4-5H2,1-3H3,(H,18,22)/t8-/m1/s1. The quantitative estimate of drug-likeness (QED) is 0.131. The highest BCUT2D eigenvalue weighted by Gasteiger charge is 2.34. The fourth-order valence-electron chi connectivity index (χ4n) is 2.04. The Morgan fingerprint density at radius 3 is 2.22 bits per heavy atom. The summed E-state index contributed by atoms with van der Waals surface area (Å²) < 4.78 is 60.5. The molecule has 0 aliphatic carbocycles. The molecule has 1 rings (SSSR count). The van der Waals surface area contributed by atoms with Crippen LogP contribution in [0.3, 0.4) is 0 Å². The van der Waals surface area contributed by atoms with E-state index >= 15 is 0 Å². The molecule has 13 heteroatoms. The lowest BCUT2D eigenvalue weighted by Gasteiger charge is -2.27. The van der Waals surface area contributed by atoms with Crippen molar-refractivity contribution in [3.63, 3.8) is 0 Å². The summed E-state index contributed by atoms with van der Waals surface area (Å²) in [5.74, 6) is -5.82. The number of nitrogens with one attached hydrogen (secondary N) is 1. The zero-order chi connectivity index (χ0) is 20.9. The number of hydroxylamine groups is 1. The van der Waals surface area contributed by atoms with Crippen LogP contribution in [-0.4, -0.2) is 59.1 Å². The molecule has 0 spiro atoms. The second kappa shape index (κ2) is 9.68. The molecular formula is C14H18F2IN3O6S. The number of nitrogens with zero attached hydrogens (tertiary/aromatic N) is 2. The van der Waals surface area contributed by atoms with Crippen LogP contribution in [-0.2, 0) is 19.6 Å². The first kappa shape index (κ1) is 23.6. The zero-order valence-corrected chi connectivity index (χ0v) is 17.5. The van der Waals surface area contributed by atoms with Crippen molar-refractivity contribution in [2.24, 2.45) is 0 Å². The van der Waals surface area contributed by atoms with Gasteiger partial charge in [-0.25, -0.2) is 25.8 Å². The minimum Gasteiger partial charge on any atom is -0.420 e. The Morgan fingerprint density at radius 1 is 1.30 bits per heavy atom. The molecule has 1 atom stereocenters. The van der Waals surface area contributed by atoms with E-state index in [0.717, 1.165) is 6.92 Å². The van der Waals surface area contributed by atoms with Crippen LogP contribution in [0.25, 0.3) is 0 Å². The van der Waals surface area contributed by atoms with Crippen LogP contribution in [0.15, 0.2) is 17.0 Å². The van der Waals surface area contributed by atoms with Crippen LogP contribution >= 0.6 is 22.9 Å². The number of hydrogen-bond donors (Lipinski definition) is 2. The van der Waals surface area contributed by atoms with Gasteiger partial charge in [0.25, 0.3) is 5.91 Å². The number of hydrogen-bond acceptors (Lipinski definition) is 7. The van der Waals surface area contributed by atoms with Crippen molar-refractivity contribution >= 4 is 44.8 Å². The van der Waals surface area contributed by atoms with Crippen molar-refractivity contribution in [1.29, 1.82) is 0 Å². The summed E-state index contributed by atoms with van der Waals surface area (Å²) in [4.78, 5) is 21.8. The van der Waals surface area contributed by atoms with E-state index in [4.69, 9.17) is 5.21 Å². The third-order valence-electron chi connectivity index (χ3n) is 3.37. The number of likely N-dealkylation sites (N-methyl/N-ethyl adjacent to an activating group) is 1. The Hall–Kier alpha value is -1.42. The molecule has 0 saturated carbocycles. The Balaban J connectivity index is 3.40. The molecule has 0 saturated heterocycles. The number of rotatable bonds is 8. The third kappa shape index (κ3) is 6.03. The average molecular weight is 521 g/mol. The summed E-state index contributed by atoms with van der Waals surface area (Å²) in [6.45, 7) is 2.11. The van der Waals surface area contributed by atoms with Gasteiger partial charge < -0.3 is 4.74 Å². The maximum absolute atomic E-state index is 14.1. The van der Waals surface area contributed by atoms with Crippen LogP contribution in [0.4, 0.5) is 8.78 Å². The fourth-order valence-corrected chi connectivity index (χ4v) is 3.87. The van der Waals surface area contributed by atoms with Crippen LogP contribution in [0.5, 0.6) is 5.75 Å². The molecule has 27 heavy (non-hydrogen) atoms. The molecule has 1 aromatic carbocycles. The molecular weight excluding hydrogens is 503 g/mol. The van der Waals surface area contributed by atoms with Gasteiger partial charge in [-0.1, -0.05) is 0 Å². The monoisotopic (exact) mass is 521 g/mol. The van der Waals surface area contributed by atoms with E-state index in [1.807, 2.05) is 22.9 Å². The van der Waals surface area contributed by atoms with Gasteiger partial charge in [-0.2, -0.15) is 4.31 Å². The van der Waals surface area contributed by atoms with Crippen LogP contribution in [0.2, 0.25) is 0 Å².